The fourth-order valence-electron chi connectivity index (χ4n) is 2.00. The number of carbonyl (C=O) groups is 2. The fraction of sp³-hybridized carbons (Fsp3) is 0.500. The van der Waals surface area contributed by atoms with Crippen LogP contribution in [0.4, 0.5) is 0 Å². The largest absolute Gasteiger partial charge is 0.481 e. The number of carboxylic acid groups (broad SMARTS) is 1. The van der Waals surface area contributed by atoms with Gasteiger partial charge in [-0.1, -0.05) is 37.3 Å². The number of hydrogen-bond acceptors (Lipinski definition) is 3. The molecule has 21 heavy (non-hydrogen) atoms. The Kier molecular flexibility index (Phi) is 7.46. The molecule has 5 nitrogen and oxygen atoms in total. The maximum Gasteiger partial charge on any atom is 0.306 e. The molecule has 5 heteroatoms. The third-order valence-corrected chi connectivity index (χ3v) is 3.47. The minimum Gasteiger partial charge on any atom is -0.481 e. The van der Waals surface area contributed by atoms with Crippen molar-refractivity contribution in [3.8, 4) is 0 Å². The number of rotatable bonds is 9. The third-order valence-electron chi connectivity index (χ3n) is 3.47. The van der Waals surface area contributed by atoms with Crippen molar-refractivity contribution in [2.24, 2.45) is 11.7 Å². The lowest BCUT2D eigenvalue weighted by atomic mass is 10.0. The number of amides is 1. The first-order valence-corrected chi connectivity index (χ1v) is 7.30. The molecule has 1 rings (SSSR count). The molecule has 0 saturated carbocycles. The van der Waals surface area contributed by atoms with Gasteiger partial charge >= 0.3 is 5.97 Å². The summed E-state index contributed by atoms with van der Waals surface area (Å²) in [6.45, 7) is 2.18. The lowest BCUT2D eigenvalue weighted by molar-refractivity contribution is -0.141. The number of aliphatic carboxylic acids is 1. The molecule has 1 aromatic carbocycles. The van der Waals surface area contributed by atoms with Gasteiger partial charge in [0, 0.05) is 19.0 Å². The van der Waals surface area contributed by atoms with Gasteiger partial charge in [-0.2, -0.15) is 0 Å². The van der Waals surface area contributed by atoms with E-state index in [1.807, 2.05) is 30.3 Å². The van der Waals surface area contributed by atoms with Gasteiger partial charge in [-0.25, -0.2) is 0 Å². The van der Waals surface area contributed by atoms with Crippen LogP contribution < -0.4 is 11.1 Å². The van der Waals surface area contributed by atoms with Crippen LogP contribution in [0.25, 0.3) is 0 Å². The van der Waals surface area contributed by atoms with Crippen LogP contribution in [0.2, 0.25) is 0 Å². The van der Waals surface area contributed by atoms with Crippen LogP contribution in [0.1, 0.15) is 44.2 Å². The Bertz CT molecular complexity index is 448. The van der Waals surface area contributed by atoms with E-state index >= 15 is 0 Å². The zero-order valence-electron chi connectivity index (χ0n) is 12.4. The van der Waals surface area contributed by atoms with Crippen molar-refractivity contribution in [1.82, 2.24) is 5.32 Å². The fourth-order valence-corrected chi connectivity index (χ4v) is 2.00. The summed E-state index contributed by atoms with van der Waals surface area (Å²) in [5, 5.41) is 11.5. The van der Waals surface area contributed by atoms with Crippen LogP contribution in [-0.2, 0) is 9.59 Å². The molecule has 1 aromatic rings. The zero-order chi connectivity index (χ0) is 15.7. The van der Waals surface area contributed by atoms with Crippen LogP contribution >= 0.6 is 0 Å². The summed E-state index contributed by atoms with van der Waals surface area (Å²) in [5.74, 6) is -1.20. The average molecular weight is 292 g/mol. The second-order valence-corrected chi connectivity index (χ2v) is 5.29. The predicted molar refractivity (Wildman–Crippen MR) is 81.6 cm³/mol. The monoisotopic (exact) mass is 292 g/mol. The molecule has 0 aromatic heterocycles. The molecule has 0 aliphatic rings. The normalized spacial score (nSPS) is 13.4. The first-order chi connectivity index (χ1) is 10.0. The number of carbonyl (C=O) groups excluding carboxylic acids is 1. The van der Waals surface area contributed by atoms with Crippen LogP contribution in [-0.4, -0.2) is 23.5 Å². The van der Waals surface area contributed by atoms with Crippen LogP contribution in [0.3, 0.4) is 0 Å². The standard InChI is InChI=1S/C16H24N2O3/c1-12(16(20)21)6-5-11-18-15(19)10-9-14(17)13-7-3-2-4-8-13/h2-4,7-8,12,14H,5-6,9-11,17H2,1H3,(H,18,19)(H,20,21). The second-order valence-electron chi connectivity index (χ2n) is 5.29. The number of nitrogens with one attached hydrogen (secondary N) is 1. The van der Waals surface area contributed by atoms with E-state index in [2.05, 4.69) is 5.32 Å². The number of hydrogen-bond donors (Lipinski definition) is 3. The van der Waals surface area contributed by atoms with E-state index in [9.17, 15) is 9.59 Å². The molecule has 2 atom stereocenters. The van der Waals surface area contributed by atoms with E-state index in [0.717, 1.165) is 5.56 Å². The molecular weight excluding hydrogens is 268 g/mol. The molecule has 2 unspecified atom stereocenters. The molecule has 0 aliphatic carbocycles. The van der Waals surface area contributed by atoms with Crippen molar-refractivity contribution in [2.45, 2.75) is 38.6 Å². The quantitative estimate of drug-likeness (QED) is 0.608. The van der Waals surface area contributed by atoms with Crippen molar-refractivity contribution >= 4 is 11.9 Å². The topological polar surface area (TPSA) is 92.4 Å². The minimum absolute atomic E-state index is 0.0376. The van der Waals surface area contributed by atoms with Gasteiger partial charge in [0.25, 0.3) is 0 Å². The molecule has 0 fully saturated rings. The molecular formula is C16H24N2O3. The van der Waals surface area contributed by atoms with Gasteiger partial charge in [0.15, 0.2) is 0 Å². The molecule has 0 saturated heterocycles. The minimum atomic E-state index is -0.796. The summed E-state index contributed by atoms with van der Waals surface area (Å²) in [6, 6.07) is 9.56. The first kappa shape index (κ1) is 17.2. The number of carboxylic acids is 1. The Morgan fingerprint density at radius 3 is 2.52 bits per heavy atom. The molecule has 0 bridgehead atoms. The maximum atomic E-state index is 11.7. The van der Waals surface area contributed by atoms with Crippen molar-refractivity contribution in [3.63, 3.8) is 0 Å². The molecule has 0 spiro atoms. The number of nitrogens with two attached hydrogens (primary N) is 1. The van der Waals surface area contributed by atoms with Gasteiger partial charge in [-0.05, 0) is 24.8 Å². The Morgan fingerprint density at radius 2 is 1.90 bits per heavy atom. The van der Waals surface area contributed by atoms with Crippen molar-refractivity contribution in [1.29, 1.82) is 0 Å². The Labute approximate surface area is 125 Å². The van der Waals surface area contributed by atoms with E-state index < -0.39 is 5.97 Å². The highest BCUT2D eigenvalue weighted by Crippen LogP contribution is 2.14. The SMILES string of the molecule is CC(CCCNC(=O)CCC(N)c1ccccc1)C(=O)O. The highest BCUT2D eigenvalue weighted by Gasteiger charge is 2.11. The first-order valence-electron chi connectivity index (χ1n) is 7.30. The average Bonchev–Trinajstić information content (AvgIpc) is 2.49. The van der Waals surface area contributed by atoms with Crippen molar-refractivity contribution in [3.05, 3.63) is 35.9 Å². The highest BCUT2D eigenvalue weighted by atomic mass is 16.4. The maximum absolute atomic E-state index is 11.7. The molecule has 0 heterocycles. The van der Waals surface area contributed by atoms with Gasteiger partial charge in [0.1, 0.15) is 0 Å². The van der Waals surface area contributed by atoms with Crippen molar-refractivity contribution < 1.29 is 14.7 Å². The predicted octanol–water partition coefficient (Wildman–Crippen LogP) is 2.08. The smallest absolute Gasteiger partial charge is 0.306 e. The van der Waals surface area contributed by atoms with Crippen LogP contribution in [0.5, 0.6) is 0 Å². The highest BCUT2D eigenvalue weighted by molar-refractivity contribution is 5.75. The Hall–Kier alpha value is -1.88. The number of benzene rings is 1. The lowest BCUT2D eigenvalue weighted by Gasteiger charge is -2.12. The Balaban J connectivity index is 2.15. The molecule has 0 radical (unpaired) electrons. The van der Waals surface area contributed by atoms with Gasteiger partial charge in [-0.15, -0.1) is 0 Å². The van der Waals surface area contributed by atoms with E-state index in [1.54, 1.807) is 6.92 Å². The summed E-state index contributed by atoms with van der Waals surface area (Å²) in [6.07, 6.45) is 2.22. The van der Waals surface area contributed by atoms with Crippen LogP contribution in [0, 0.1) is 5.92 Å². The summed E-state index contributed by atoms with van der Waals surface area (Å²) >= 11 is 0. The molecule has 0 aliphatic heterocycles. The Morgan fingerprint density at radius 1 is 1.24 bits per heavy atom. The van der Waals surface area contributed by atoms with Gasteiger partial charge < -0.3 is 16.2 Å². The van der Waals surface area contributed by atoms with E-state index in [0.29, 0.717) is 32.2 Å². The zero-order valence-corrected chi connectivity index (χ0v) is 12.4. The summed E-state index contributed by atoms with van der Waals surface area (Å²) in [7, 11) is 0. The van der Waals surface area contributed by atoms with E-state index in [4.69, 9.17) is 10.8 Å². The third kappa shape index (κ3) is 6.90. The summed E-state index contributed by atoms with van der Waals surface area (Å²) < 4.78 is 0. The van der Waals surface area contributed by atoms with E-state index in [1.165, 1.54) is 0 Å². The van der Waals surface area contributed by atoms with Crippen LogP contribution in [0.15, 0.2) is 30.3 Å². The summed E-state index contributed by atoms with van der Waals surface area (Å²) in [5.41, 5.74) is 7.05. The summed E-state index contributed by atoms with van der Waals surface area (Å²) in [4.78, 5) is 22.3. The van der Waals surface area contributed by atoms with Gasteiger partial charge in [0.05, 0.1) is 5.92 Å². The van der Waals surface area contributed by atoms with Gasteiger partial charge in [0.2, 0.25) is 5.91 Å². The lowest BCUT2D eigenvalue weighted by Crippen LogP contribution is -2.26. The molecule has 4 N–H and O–H groups in total. The van der Waals surface area contributed by atoms with Crippen molar-refractivity contribution in [2.75, 3.05) is 6.54 Å². The molecule has 1 amide bonds. The van der Waals surface area contributed by atoms with E-state index in [-0.39, 0.29) is 17.9 Å². The second kappa shape index (κ2) is 9.13. The van der Waals surface area contributed by atoms with Gasteiger partial charge in [-0.3, -0.25) is 9.59 Å². The molecule has 116 valence electrons.